The molecule has 0 bridgehead atoms. The van der Waals surface area contributed by atoms with Gasteiger partial charge < -0.3 is 0 Å². The number of hydrogen-bond donors (Lipinski definition) is 0. The van der Waals surface area contributed by atoms with E-state index in [4.69, 9.17) is 6.92 Å². The second-order valence-corrected chi connectivity index (χ2v) is 3.19. The Morgan fingerprint density at radius 3 is 2.47 bits per heavy atom. The van der Waals surface area contributed by atoms with E-state index in [1.807, 2.05) is 30.3 Å². The van der Waals surface area contributed by atoms with Crippen LogP contribution in [0.1, 0.15) is 10.4 Å². The Balaban J connectivity index is 2.46. The molecule has 0 N–H and O–H groups in total. The maximum absolute atomic E-state index is 11.0. The average Bonchev–Trinajstić information content (AvgIpc) is 2.30. The van der Waals surface area contributed by atoms with Crippen LogP contribution in [-0.4, -0.2) is 10.8 Å². The fourth-order valence-corrected chi connectivity index (χ4v) is 1.36. The summed E-state index contributed by atoms with van der Waals surface area (Å²) in [5.41, 5.74) is 2.34. The van der Waals surface area contributed by atoms with Crippen molar-refractivity contribution in [1.82, 2.24) is 4.98 Å². The van der Waals surface area contributed by atoms with E-state index in [1.165, 1.54) is 6.20 Å². The Hall–Kier alpha value is -1.96. The average molecular weight is 195 g/mol. The number of benzene rings is 1. The predicted octanol–water partition coefficient (Wildman–Crippen LogP) is 2.64. The fraction of sp³-hybridized carbons (Fsp3) is 0. The maximum atomic E-state index is 11.0. The van der Waals surface area contributed by atoms with Crippen LogP contribution in [0.15, 0.2) is 48.8 Å². The second kappa shape index (κ2) is 4.05. The van der Waals surface area contributed by atoms with E-state index in [0.717, 1.165) is 11.1 Å². The monoisotopic (exact) mass is 195 g/mol. The zero-order valence-corrected chi connectivity index (χ0v) is 8.05. The molecular weight excluding hydrogens is 186 g/mol. The van der Waals surface area contributed by atoms with Crippen LogP contribution in [-0.2, 0) is 0 Å². The van der Waals surface area contributed by atoms with Crippen LogP contribution in [0.3, 0.4) is 0 Å². The third-order valence-electron chi connectivity index (χ3n) is 2.13. The number of carbonyl (C=O) groups excluding carboxylic acids is 1. The molecular formula is C13H9NO. The van der Waals surface area contributed by atoms with Crippen LogP contribution in [0.2, 0.25) is 0 Å². The van der Waals surface area contributed by atoms with Gasteiger partial charge in [0.1, 0.15) is 0 Å². The minimum Gasteiger partial charge on any atom is -0.294 e. The van der Waals surface area contributed by atoms with Crippen molar-refractivity contribution < 1.29 is 4.79 Å². The SMILES string of the molecule is [CH]C(=O)c1cncc(-c2ccccc2)c1. The molecule has 0 saturated carbocycles. The van der Waals surface area contributed by atoms with Gasteiger partial charge in [0.2, 0.25) is 0 Å². The fourth-order valence-electron chi connectivity index (χ4n) is 1.36. The van der Waals surface area contributed by atoms with Gasteiger partial charge in [0.05, 0.1) is 0 Å². The summed E-state index contributed by atoms with van der Waals surface area (Å²) in [6.45, 7) is 5.18. The van der Waals surface area contributed by atoms with Gasteiger partial charge in [-0.05, 0) is 11.6 Å². The van der Waals surface area contributed by atoms with Crippen molar-refractivity contribution in [2.45, 2.75) is 0 Å². The normalized spacial score (nSPS) is 9.93. The molecule has 0 aliphatic carbocycles. The van der Waals surface area contributed by atoms with Crippen molar-refractivity contribution in [1.29, 1.82) is 0 Å². The summed E-state index contributed by atoms with van der Waals surface area (Å²) in [4.78, 5) is 14.9. The zero-order chi connectivity index (χ0) is 10.7. The summed E-state index contributed by atoms with van der Waals surface area (Å²) in [6.07, 6.45) is 3.18. The molecule has 0 aliphatic rings. The van der Waals surface area contributed by atoms with Crippen molar-refractivity contribution in [3.05, 3.63) is 61.3 Å². The van der Waals surface area contributed by atoms with Gasteiger partial charge in [-0.3, -0.25) is 9.78 Å². The van der Waals surface area contributed by atoms with Gasteiger partial charge in [0.25, 0.3) is 0 Å². The molecule has 2 heteroatoms. The minimum absolute atomic E-state index is 0.427. The molecule has 2 rings (SSSR count). The first kappa shape index (κ1) is 9.59. The lowest BCUT2D eigenvalue weighted by molar-refractivity contribution is 0.104. The molecule has 0 spiro atoms. The Bertz CT molecular complexity index is 477. The summed E-state index contributed by atoms with van der Waals surface area (Å²) in [6, 6.07) is 11.5. The predicted molar refractivity (Wildman–Crippen MR) is 58.3 cm³/mol. The summed E-state index contributed by atoms with van der Waals surface area (Å²) >= 11 is 0. The number of aromatic nitrogens is 1. The first-order valence-electron chi connectivity index (χ1n) is 4.57. The number of hydrogen-bond acceptors (Lipinski definition) is 2. The minimum atomic E-state index is -0.458. The zero-order valence-electron chi connectivity index (χ0n) is 8.05. The molecule has 2 nitrogen and oxygen atoms in total. The topological polar surface area (TPSA) is 30.0 Å². The van der Waals surface area contributed by atoms with Crippen LogP contribution >= 0.6 is 0 Å². The quantitative estimate of drug-likeness (QED) is 0.689. The van der Waals surface area contributed by atoms with E-state index in [-0.39, 0.29) is 0 Å². The number of nitrogens with zero attached hydrogens (tertiary/aromatic N) is 1. The van der Waals surface area contributed by atoms with Crippen LogP contribution < -0.4 is 0 Å². The first-order chi connectivity index (χ1) is 7.27. The highest BCUT2D eigenvalue weighted by molar-refractivity contribution is 5.99. The van der Waals surface area contributed by atoms with Gasteiger partial charge in [0, 0.05) is 30.4 Å². The Labute approximate surface area is 88.6 Å². The maximum Gasteiger partial charge on any atom is 0.169 e. The van der Waals surface area contributed by atoms with Gasteiger partial charge >= 0.3 is 0 Å². The van der Waals surface area contributed by atoms with Crippen molar-refractivity contribution in [2.24, 2.45) is 0 Å². The molecule has 2 radical (unpaired) electrons. The van der Waals surface area contributed by atoms with Gasteiger partial charge in [-0.25, -0.2) is 0 Å². The van der Waals surface area contributed by atoms with Gasteiger partial charge in [-0.2, -0.15) is 0 Å². The highest BCUT2D eigenvalue weighted by atomic mass is 16.1. The standard InChI is InChI=1S/C13H9NO/c1-10(15)12-7-13(9-14-8-12)11-5-3-2-4-6-11/h1-9H. The molecule has 0 atom stereocenters. The number of carbonyl (C=O) groups is 1. The number of rotatable bonds is 2. The van der Waals surface area contributed by atoms with Gasteiger partial charge in [0.15, 0.2) is 5.78 Å². The van der Waals surface area contributed by atoms with E-state index in [1.54, 1.807) is 12.3 Å². The Morgan fingerprint density at radius 2 is 1.80 bits per heavy atom. The summed E-state index contributed by atoms with van der Waals surface area (Å²) in [5.74, 6) is -0.458. The van der Waals surface area contributed by atoms with E-state index in [2.05, 4.69) is 4.98 Å². The lowest BCUT2D eigenvalue weighted by Crippen LogP contribution is -1.93. The Morgan fingerprint density at radius 1 is 1.07 bits per heavy atom. The van der Waals surface area contributed by atoms with Crippen molar-refractivity contribution >= 4 is 5.78 Å². The van der Waals surface area contributed by atoms with Crippen molar-refractivity contribution in [2.75, 3.05) is 0 Å². The molecule has 2 aromatic rings. The molecule has 1 aromatic carbocycles. The first-order valence-corrected chi connectivity index (χ1v) is 4.57. The molecule has 15 heavy (non-hydrogen) atoms. The molecule has 72 valence electrons. The summed E-state index contributed by atoms with van der Waals surface area (Å²) in [5, 5.41) is 0. The summed E-state index contributed by atoms with van der Waals surface area (Å²) in [7, 11) is 0. The van der Waals surface area contributed by atoms with E-state index < -0.39 is 5.78 Å². The Kier molecular flexibility index (Phi) is 2.59. The molecule has 0 amide bonds. The molecule has 0 unspecified atom stereocenters. The smallest absolute Gasteiger partial charge is 0.169 e. The van der Waals surface area contributed by atoms with Crippen LogP contribution in [0.25, 0.3) is 11.1 Å². The van der Waals surface area contributed by atoms with Crippen molar-refractivity contribution in [3.8, 4) is 11.1 Å². The molecule has 0 aliphatic heterocycles. The molecule has 0 saturated heterocycles. The van der Waals surface area contributed by atoms with Crippen molar-refractivity contribution in [3.63, 3.8) is 0 Å². The van der Waals surface area contributed by atoms with Gasteiger partial charge in [-0.1, -0.05) is 30.3 Å². The third kappa shape index (κ3) is 2.10. The number of Topliss-reactive ketones (excluding diaryl/α,β-unsaturated/α-hetero) is 1. The summed E-state index contributed by atoms with van der Waals surface area (Å²) < 4.78 is 0. The lowest BCUT2D eigenvalue weighted by Gasteiger charge is -2.01. The van der Waals surface area contributed by atoms with E-state index >= 15 is 0 Å². The number of ketones is 1. The van der Waals surface area contributed by atoms with E-state index in [0.29, 0.717) is 5.56 Å². The van der Waals surface area contributed by atoms with Crippen LogP contribution in [0.4, 0.5) is 0 Å². The largest absolute Gasteiger partial charge is 0.294 e. The molecule has 1 aromatic heterocycles. The van der Waals surface area contributed by atoms with Gasteiger partial charge in [-0.15, -0.1) is 0 Å². The molecule has 1 heterocycles. The highest BCUT2D eigenvalue weighted by Gasteiger charge is 2.02. The van der Waals surface area contributed by atoms with E-state index in [9.17, 15) is 4.79 Å². The highest BCUT2D eigenvalue weighted by Crippen LogP contribution is 2.18. The molecule has 0 fully saturated rings. The van der Waals surface area contributed by atoms with Crippen LogP contribution in [0.5, 0.6) is 0 Å². The third-order valence-corrected chi connectivity index (χ3v) is 2.13. The second-order valence-electron chi connectivity index (χ2n) is 3.19. The van der Waals surface area contributed by atoms with Crippen LogP contribution in [0, 0.1) is 6.92 Å². The lowest BCUT2D eigenvalue weighted by atomic mass is 10.1. The number of pyridine rings is 1.